The Labute approximate surface area is 174 Å². The number of aromatic amines is 1. The van der Waals surface area contributed by atoms with Crippen LogP contribution in [0.15, 0.2) is 53.3 Å². The number of nitrogens with one attached hydrogen (secondary N) is 1. The molecule has 0 atom stereocenters. The van der Waals surface area contributed by atoms with Crippen LogP contribution in [0.25, 0.3) is 10.8 Å². The van der Waals surface area contributed by atoms with Crippen LogP contribution in [0.4, 0.5) is 11.4 Å². The van der Waals surface area contributed by atoms with E-state index in [0.29, 0.717) is 5.39 Å². The van der Waals surface area contributed by atoms with Crippen molar-refractivity contribution >= 4 is 22.1 Å². The Bertz CT molecular complexity index is 1070. The number of aromatic nitrogens is 2. The Morgan fingerprint density at radius 2 is 1.67 bits per heavy atom. The minimum atomic E-state index is -0.368. The second-order valence-electron chi connectivity index (χ2n) is 7.60. The summed E-state index contributed by atoms with van der Waals surface area (Å²) < 4.78 is 0. The van der Waals surface area contributed by atoms with E-state index in [-0.39, 0.29) is 16.2 Å². The topological polar surface area (TPSA) is 95.4 Å². The number of non-ortho nitro benzene ring substituents is 1. The van der Waals surface area contributed by atoms with E-state index in [2.05, 4.69) is 20.0 Å². The fourth-order valence-corrected chi connectivity index (χ4v) is 4.00. The molecule has 4 rings (SSSR count). The molecule has 0 unspecified atom stereocenters. The molecule has 0 saturated carbocycles. The van der Waals surface area contributed by atoms with Crippen molar-refractivity contribution in [3.8, 4) is 0 Å². The minimum absolute atomic E-state index is 0.127. The molecule has 0 radical (unpaired) electrons. The first-order chi connectivity index (χ1) is 14.6. The van der Waals surface area contributed by atoms with Crippen molar-refractivity contribution in [3.63, 3.8) is 0 Å². The molecular formula is C22H25N5O3. The van der Waals surface area contributed by atoms with Gasteiger partial charge in [-0.3, -0.25) is 19.8 Å². The van der Waals surface area contributed by atoms with Crippen LogP contribution in [0.3, 0.4) is 0 Å². The van der Waals surface area contributed by atoms with E-state index in [1.165, 1.54) is 0 Å². The predicted octanol–water partition coefficient (Wildman–Crippen LogP) is 2.98. The fourth-order valence-electron chi connectivity index (χ4n) is 4.00. The molecule has 1 saturated heterocycles. The molecule has 8 heteroatoms. The van der Waals surface area contributed by atoms with E-state index >= 15 is 0 Å². The number of anilines is 1. The molecule has 1 fully saturated rings. The molecule has 0 bridgehead atoms. The number of hydrogen-bond acceptors (Lipinski definition) is 6. The summed E-state index contributed by atoms with van der Waals surface area (Å²) in [6, 6.07) is 14.4. The zero-order valence-corrected chi connectivity index (χ0v) is 16.8. The third-order valence-corrected chi connectivity index (χ3v) is 5.71. The summed E-state index contributed by atoms with van der Waals surface area (Å²) in [6.45, 7) is 4.84. The summed E-state index contributed by atoms with van der Waals surface area (Å²) in [5.41, 5.74) is 1.98. The van der Waals surface area contributed by atoms with Crippen LogP contribution in [0.1, 0.15) is 18.5 Å². The van der Waals surface area contributed by atoms with Gasteiger partial charge in [-0.2, -0.15) is 5.10 Å². The van der Waals surface area contributed by atoms with Gasteiger partial charge < -0.3 is 4.90 Å². The van der Waals surface area contributed by atoms with Crippen LogP contribution in [0.5, 0.6) is 0 Å². The van der Waals surface area contributed by atoms with Gasteiger partial charge in [-0.25, -0.2) is 5.10 Å². The molecule has 0 spiro atoms. The van der Waals surface area contributed by atoms with E-state index in [1.807, 2.05) is 36.4 Å². The molecular weight excluding hydrogens is 382 g/mol. The number of piperazine rings is 1. The highest BCUT2D eigenvalue weighted by molar-refractivity contribution is 5.83. The van der Waals surface area contributed by atoms with Gasteiger partial charge >= 0.3 is 0 Å². The van der Waals surface area contributed by atoms with Crippen molar-refractivity contribution in [2.75, 3.05) is 37.6 Å². The van der Waals surface area contributed by atoms with E-state index in [0.717, 1.165) is 68.8 Å². The normalized spacial score (nSPS) is 14.9. The lowest BCUT2D eigenvalue weighted by Gasteiger charge is -2.36. The van der Waals surface area contributed by atoms with Gasteiger partial charge in [0, 0.05) is 49.4 Å². The largest absolute Gasteiger partial charge is 0.369 e. The monoisotopic (exact) mass is 407 g/mol. The van der Waals surface area contributed by atoms with Crippen LogP contribution in [0, 0.1) is 10.1 Å². The first-order valence-corrected chi connectivity index (χ1v) is 10.3. The summed E-state index contributed by atoms with van der Waals surface area (Å²) in [5, 5.41) is 19.3. The van der Waals surface area contributed by atoms with Crippen molar-refractivity contribution in [2.45, 2.75) is 19.3 Å². The number of fused-ring (bicyclic) bond motifs is 1. The minimum Gasteiger partial charge on any atom is -0.369 e. The van der Waals surface area contributed by atoms with Crippen LogP contribution >= 0.6 is 0 Å². The zero-order valence-electron chi connectivity index (χ0n) is 16.8. The van der Waals surface area contributed by atoms with Crippen LogP contribution in [0.2, 0.25) is 0 Å². The first-order valence-electron chi connectivity index (χ1n) is 10.3. The van der Waals surface area contributed by atoms with Gasteiger partial charge in [-0.1, -0.05) is 18.2 Å². The molecule has 0 aliphatic carbocycles. The number of nitro groups is 1. The summed E-state index contributed by atoms with van der Waals surface area (Å²) >= 11 is 0. The van der Waals surface area contributed by atoms with Gasteiger partial charge in [0.15, 0.2) is 0 Å². The lowest BCUT2D eigenvalue weighted by atomic mass is 10.1. The second kappa shape index (κ2) is 9.04. The fraction of sp³-hybridized carbons (Fsp3) is 0.364. The Morgan fingerprint density at radius 1 is 0.967 bits per heavy atom. The smallest absolute Gasteiger partial charge is 0.272 e. The molecule has 2 heterocycles. The van der Waals surface area contributed by atoms with Crippen LogP contribution in [-0.4, -0.2) is 52.7 Å². The number of aryl methyl sites for hydroxylation is 1. The lowest BCUT2D eigenvalue weighted by Crippen LogP contribution is -2.46. The van der Waals surface area contributed by atoms with Crippen molar-refractivity contribution in [1.82, 2.24) is 15.1 Å². The second-order valence-corrected chi connectivity index (χ2v) is 7.60. The van der Waals surface area contributed by atoms with Gasteiger partial charge in [-0.05, 0) is 44.0 Å². The third kappa shape index (κ3) is 4.49. The number of H-pyrrole nitrogens is 1. The quantitative estimate of drug-likeness (QED) is 0.368. The maximum atomic E-state index is 11.9. The number of unbranched alkanes of at least 4 members (excludes halogenated alkanes) is 1. The maximum absolute atomic E-state index is 11.9. The highest BCUT2D eigenvalue weighted by atomic mass is 16.6. The number of rotatable bonds is 7. The van der Waals surface area contributed by atoms with Gasteiger partial charge in [-0.15, -0.1) is 0 Å². The van der Waals surface area contributed by atoms with Gasteiger partial charge in [0.25, 0.3) is 11.2 Å². The molecule has 2 aromatic carbocycles. The predicted molar refractivity (Wildman–Crippen MR) is 117 cm³/mol. The average molecular weight is 407 g/mol. The van der Waals surface area contributed by atoms with E-state index < -0.39 is 0 Å². The highest BCUT2D eigenvalue weighted by Crippen LogP contribution is 2.21. The summed E-state index contributed by atoms with van der Waals surface area (Å²) in [7, 11) is 0. The molecule has 1 N–H and O–H groups in total. The van der Waals surface area contributed by atoms with Crippen molar-refractivity contribution in [3.05, 3.63) is 74.7 Å². The van der Waals surface area contributed by atoms with Crippen molar-refractivity contribution in [1.29, 1.82) is 0 Å². The summed E-state index contributed by atoms with van der Waals surface area (Å²) in [6.07, 6.45) is 2.94. The van der Waals surface area contributed by atoms with Crippen LogP contribution < -0.4 is 10.5 Å². The third-order valence-electron chi connectivity index (χ3n) is 5.71. The number of hydrogen-bond donors (Lipinski definition) is 1. The summed E-state index contributed by atoms with van der Waals surface area (Å²) in [5.74, 6) is 0. The zero-order chi connectivity index (χ0) is 20.9. The Morgan fingerprint density at radius 3 is 2.37 bits per heavy atom. The summed E-state index contributed by atoms with van der Waals surface area (Å²) in [4.78, 5) is 27.0. The van der Waals surface area contributed by atoms with Gasteiger partial charge in [0.2, 0.25) is 0 Å². The molecule has 1 aliphatic rings. The van der Waals surface area contributed by atoms with Gasteiger partial charge in [0.1, 0.15) is 0 Å². The molecule has 1 aromatic heterocycles. The molecule has 0 amide bonds. The SMILES string of the molecule is O=c1[nH]nc(CCCCN2CCN(c3ccc([N+](=O)[O-])cc3)CC2)c2ccccc12. The molecule has 8 nitrogen and oxygen atoms in total. The van der Waals surface area contributed by atoms with E-state index in [1.54, 1.807) is 12.1 Å². The average Bonchev–Trinajstić information content (AvgIpc) is 2.79. The first kappa shape index (κ1) is 20.0. The standard InChI is InChI=1S/C22H25N5O3/c28-22-20-6-2-1-5-19(20)21(23-24-22)7-3-4-12-25-13-15-26(16-14-25)17-8-10-18(11-9-17)27(29)30/h1-2,5-6,8-11H,3-4,7,12-16H2,(H,24,28). The van der Waals surface area contributed by atoms with E-state index in [9.17, 15) is 14.9 Å². The van der Waals surface area contributed by atoms with Crippen molar-refractivity contribution in [2.24, 2.45) is 0 Å². The molecule has 3 aromatic rings. The molecule has 156 valence electrons. The van der Waals surface area contributed by atoms with Gasteiger partial charge in [0.05, 0.1) is 16.0 Å². The number of benzene rings is 2. The molecule has 1 aliphatic heterocycles. The Balaban J connectivity index is 1.23. The lowest BCUT2D eigenvalue weighted by molar-refractivity contribution is -0.384. The van der Waals surface area contributed by atoms with E-state index in [4.69, 9.17) is 0 Å². The maximum Gasteiger partial charge on any atom is 0.272 e. The van der Waals surface area contributed by atoms with Crippen molar-refractivity contribution < 1.29 is 4.92 Å². The highest BCUT2D eigenvalue weighted by Gasteiger charge is 2.17. The number of nitrogens with zero attached hydrogens (tertiary/aromatic N) is 4. The number of nitro benzene ring substituents is 1. The Hall–Kier alpha value is -3.26. The Kier molecular flexibility index (Phi) is 6.04. The molecule has 30 heavy (non-hydrogen) atoms. The van der Waals surface area contributed by atoms with Crippen LogP contribution in [-0.2, 0) is 6.42 Å².